The van der Waals surface area contributed by atoms with Gasteiger partial charge in [-0.05, 0) is 36.1 Å². The smallest absolute Gasteiger partial charge is 0.256 e. The Labute approximate surface area is 164 Å². The Morgan fingerprint density at radius 1 is 1.27 bits per heavy atom. The Bertz CT molecular complexity index is 979. The fraction of sp³-hybridized carbons (Fsp3) is 0.105. The normalized spacial score (nSPS) is 10.3. The average molecular weight is 427 g/mol. The molecule has 0 aliphatic heterocycles. The van der Waals surface area contributed by atoms with E-state index in [4.69, 9.17) is 0 Å². The molecule has 0 atom stereocenters. The Morgan fingerprint density at radius 3 is 2.69 bits per heavy atom. The molecule has 0 bridgehead atoms. The molecule has 1 aromatic heterocycles. The number of para-hydroxylation sites is 1. The molecule has 1 amide bonds. The van der Waals surface area contributed by atoms with Gasteiger partial charge >= 0.3 is 0 Å². The first kappa shape index (κ1) is 18.2. The summed E-state index contributed by atoms with van der Waals surface area (Å²) in [6.07, 6.45) is 0. The number of nitrogens with one attached hydrogen (secondary N) is 1. The van der Waals surface area contributed by atoms with E-state index in [1.165, 1.54) is 11.8 Å². The lowest BCUT2D eigenvalue weighted by Gasteiger charge is -2.05. The van der Waals surface area contributed by atoms with Crippen LogP contribution in [0.15, 0.2) is 64.1 Å². The third-order valence-corrected chi connectivity index (χ3v) is 4.99. The molecule has 1 N–H and O–H groups in total. The number of amides is 1. The summed E-state index contributed by atoms with van der Waals surface area (Å²) in [7, 11) is 0. The van der Waals surface area contributed by atoms with Crippen molar-refractivity contribution in [1.29, 1.82) is 5.26 Å². The van der Waals surface area contributed by atoms with Gasteiger partial charge in [-0.3, -0.25) is 4.79 Å². The first-order valence-electron chi connectivity index (χ1n) is 7.92. The standard InChI is InChI=1S/C19H15BrN4OS/c1-2-26-19-16(12-21)17(23-24(19)15-9-4-3-5-10-15)22-18(25)13-7-6-8-14(20)11-13/h3-11H,2H2,1H3,(H,22,23,25). The quantitative estimate of drug-likeness (QED) is 0.590. The third kappa shape index (κ3) is 3.82. The lowest BCUT2D eigenvalue weighted by Crippen LogP contribution is -2.13. The van der Waals surface area contributed by atoms with Crippen molar-refractivity contribution < 1.29 is 4.79 Å². The molecule has 0 radical (unpaired) electrons. The van der Waals surface area contributed by atoms with Gasteiger partial charge in [0, 0.05) is 10.0 Å². The number of hydrogen-bond donors (Lipinski definition) is 1. The molecular formula is C19H15BrN4OS. The van der Waals surface area contributed by atoms with Crippen LogP contribution in [0.4, 0.5) is 5.82 Å². The topological polar surface area (TPSA) is 70.7 Å². The number of hydrogen-bond acceptors (Lipinski definition) is 4. The number of carbonyl (C=O) groups excluding carboxylic acids is 1. The second-order valence-electron chi connectivity index (χ2n) is 5.29. The first-order chi connectivity index (χ1) is 12.6. The van der Waals surface area contributed by atoms with Crippen molar-refractivity contribution in [1.82, 2.24) is 9.78 Å². The van der Waals surface area contributed by atoms with E-state index in [0.29, 0.717) is 16.2 Å². The number of aromatic nitrogens is 2. The maximum absolute atomic E-state index is 12.6. The number of halogens is 1. The molecule has 130 valence electrons. The maximum atomic E-state index is 12.6. The van der Waals surface area contributed by atoms with Crippen molar-refractivity contribution in [2.75, 3.05) is 11.1 Å². The summed E-state index contributed by atoms with van der Waals surface area (Å²) in [6, 6.07) is 18.8. The van der Waals surface area contributed by atoms with Crippen LogP contribution in [-0.4, -0.2) is 21.4 Å². The van der Waals surface area contributed by atoms with Gasteiger partial charge in [-0.15, -0.1) is 16.9 Å². The third-order valence-electron chi connectivity index (χ3n) is 3.56. The molecule has 2 aromatic carbocycles. The fourth-order valence-corrected chi connectivity index (χ4v) is 3.64. The summed E-state index contributed by atoms with van der Waals surface area (Å²) in [5.41, 5.74) is 1.69. The van der Waals surface area contributed by atoms with Crippen molar-refractivity contribution in [2.24, 2.45) is 0 Å². The fourth-order valence-electron chi connectivity index (χ4n) is 2.41. The van der Waals surface area contributed by atoms with Crippen LogP contribution in [0.25, 0.3) is 5.69 Å². The van der Waals surface area contributed by atoms with Crippen molar-refractivity contribution in [3.8, 4) is 11.8 Å². The van der Waals surface area contributed by atoms with Crippen molar-refractivity contribution in [2.45, 2.75) is 11.9 Å². The molecule has 0 saturated heterocycles. The second-order valence-corrected chi connectivity index (χ2v) is 7.45. The number of rotatable bonds is 5. The van der Waals surface area contributed by atoms with Gasteiger partial charge in [0.15, 0.2) is 5.82 Å². The van der Waals surface area contributed by atoms with E-state index < -0.39 is 0 Å². The highest BCUT2D eigenvalue weighted by Crippen LogP contribution is 2.30. The lowest BCUT2D eigenvalue weighted by molar-refractivity contribution is 0.102. The SMILES string of the molecule is CCSc1c(C#N)c(NC(=O)c2cccc(Br)c2)nn1-c1ccccc1. The van der Waals surface area contributed by atoms with Gasteiger partial charge in [-0.2, -0.15) is 5.26 Å². The van der Waals surface area contributed by atoms with Crippen molar-refractivity contribution in [3.05, 3.63) is 70.2 Å². The minimum atomic E-state index is -0.312. The van der Waals surface area contributed by atoms with Gasteiger partial charge < -0.3 is 5.32 Å². The zero-order valence-corrected chi connectivity index (χ0v) is 16.3. The number of nitrogens with zero attached hydrogens (tertiary/aromatic N) is 3. The number of carbonyl (C=O) groups is 1. The Kier molecular flexibility index (Phi) is 5.76. The summed E-state index contributed by atoms with van der Waals surface area (Å²) in [5.74, 6) is 0.734. The van der Waals surface area contributed by atoms with Gasteiger partial charge in [0.2, 0.25) is 0 Å². The Balaban J connectivity index is 2.02. The lowest BCUT2D eigenvalue weighted by atomic mass is 10.2. The van der Waals surface area contributed by atoms with E-state index in [2.05, 4.69) is 32.4 Å². The average Bonchev–Trinajstić information content (AvgIpc) is 3.00. The van der Waals surface area contributed by atoms with Crippen LogP contribution in [0.3, 0.4) is 0 Å². The second kappa shape index (κ2) is 8.21. The minimum absolute atomic E-state index is 0.261. The molecule has 5 nitrogen and oxygen atoms in total. The Hall–Kier alpha value is -2.56. The monoisotopic (exact) mass is 426 g/mol. The van der Waals surface area contributed by atoms with Gasteiger partial charge in [0.05, 0.1) is 5.69 Å². The molecule has 3 rings (SSSR count). The number of nitriles is 1. The van der Waals surface area contributed by atoms with Crippen LogP contribution in [0, 0.1) is 11.3 Å². The molecule has 0 spiro atoms. The summed E-state index contributed by atoms with van der Waals surface area (Å²) < 4.78 is 2.51. The molecule has 0 fully saturated rings. The maximum Gasteiger partial charge on any atom is 0.256 e. The van der Waals surface area contributed by atoms with Crippen LogP contribution >= 0.6 is 27.7 Å². The molecule has 0 unspecified atom stereocenters. The van der Waals surface area contributed by atoms with E-state index in [0.717, 1.165) is 15.9 Å². The van der Waals surface area contributed by atoms with Gasteiger partial charge in [-0.25, -0.2) is 4.68 Å². The molecule has 0 aliphatic carbocycles. The highest BCUT2D eigenvalue weighted by Gasteiger charge is 2.21. The predicted octanol–water partition coefficient (Wildman–Crippen LogP) is 4.87. The van der Waals surface area contributed by atoms with Crippen LogP contribution in [-0.2, 0) is 0 Å². The minimum Gasteiger partial charge on any atom is -0.304 e. The van der Waals surface area contributed by atoms with E-state index >= 15 is 0 Å². The van der Waals surface area contributed by atoms with Crippen molar-refractivity contribution >= 4 is 39.4 Å². The Morgan fingerprint density at radius 2 is 2.04 bits per heavy atom. The summed E-state index contributed by atoms with van der Waals surface area (Å²) in [4.78, 5) is 12.6. The molecule has 7 heteroatoms. The molecule has 0 saturated carbocycles. The number of anilines is 1. The molecule has 1 heterocycles. The highest BCUT2D eigenvalue weighted by atomic mass is 79.9. The van der Waals surface area contributed by atoms with Crippen LogP contribution in [0.2, 0.25) is 0 Å². The summed E-state index contributed by atoms with van der Waals surface area (Å²) in [6.45, 7) is 2.01. The highest BCUT2D eigenvalue weighted by molar-refractivity contribution is 9.10. The molecule has 3 aromatic rings. The van der Waals surface area contributed by atoms with E-state index in [9.17, 15) is 10.1 Å². The van der Waals surface area contributed by atoms with Gasteiger partial charge in [0.1, 0.15) is 16.7 Å². The van der Waals surface area contributed by atoms with E-state index in [1.807, 2.05) is 43.3 Å². The molecule has 26 heavy (non-hydrogen) atoms. The number of thioether (sulfide) groups is 1. The number of benzene rings is 2. The molecule has 0 aliphatic rings. The van der Waals surface area contributed by atoms with E-state index in [-0.39, 0.29) is 11.7 Å². The van der Waals surface area contributed by atoms with Gasteiger partial charge in [0.25, 0.3) is 5.91 Å². The van der Waals surface area contributed by atoms with Crippen LogP contribution in [0.1, 0.15) is 22.8 Å². The van der Waals surface area contributed by atoms with Crippen molar-refractivity contribution in [3.63, 3.8) is 0 Å². The largest absolute Gasteiger partial charge is 0.304 e. The zero-order valence-electron chi connectivity index (χ0n) is 13.9. The zero-order chi connectivity index (χ0) is 18.5. The van der Waals surface area contributed by atoms with Gasteiger partial charge in [-0.1, -0.05) is 47.1 Å². The summed E-state index contributed by atoms with van der Waals surface area (Å²) in [5, 5.41) is 17.6. The predicted molar refractivity (Wildman–Crippen MR) is 107 cm³/mol. The van der Waals surface area contributed by atoms with Crippen LogP contribution in [0.5, 0.6) is 0 Å². The van der Waals surface area contributed by atoms with E-state index in [1.54, 1.807) is 22.9 Å². The molecular weight excluding hydrogens is 412 g/mol. The van der Waals surface area contributed by atoms with Crippen LogP contribution < -0.4 is 5.32 Å². The first-order valence-corrected chi connectivity index (χ1v) is 9.70. The summed E-state index contributed by atoms with van der Waals surface area (Å²) >= 11 is 4.87.